The van der Waals surface area contributed by atoms with Gasteiger partial charge in [-0.25, -0.2) is 0 Å². The lowest BCUT2D eigenvalue weighted by Gasteiger charge is -2.43. The molecular formula is C22H35N3O10. The summed E-state index contributed by atoms with van der Waals surface area (Å²) in [5.74, 6) is -2.17. The van der Waals surface area contributed by atoms with Gasteiger partial charge in [0.2, 0.25) is 0 Å². The van der Waals surface area contributed by atoms with E-state index in [9.17, 15) is 19.2 Å². The Morgan fingerprint density at radius 2 is 1.49 bits per heavy atom. The Hall–Kier alpha value is -2.89. The first-order valence-electron chi connectivity index (χ1n) is 11.6. The molecule has 0 saturated carbocycles. The van der Waals surface area contributed by atoms with Gasteiger partial charge >= 0.3 is 23.9 Å². The summed E-state index contributed by atoms with van der Waals surface area (Å²) in [6.45, 7) is 3.50. The van der Waals surface area contributed by atoms with E-state index >= 15 is 0 Å². The number of hydrogen-bond donors (Lipinski definition) is 0. The molecule has 198 valence electrons. The SMILES string of the molecule is COC(=O)CCCCCCCCO[C@H]1O[C@H](COC(C)=O)[C@@H](OC(C)=O)[C@H](OC(C)=O)[C@@H]1N=[N+]=[N-]. The molecular weight excluding hydrogens is 466 g/mol. The van der Waals surface area contributed by atoms with Crippen molar-refractivity contribution in [2.24, 2.45) is 5.11 Å². The number of carbonyl (C=O) groups excluding carboxylic acids is 4. The lowest BCUT2D eigenvalue weighted by Crippen LogP contribution is -2.61. The van der Waals surface area contributed by atoms with E-state index in [-0.39, 0.29) is 19.2 Å². The van der Waals surface area contributed by atoms with Crippen molar-refractivity contribution >= 4 is 23.9 Å². The number of carbonyl (C=O) groups is 4. The van der Waals surface area contributed by atoms with Gasteiger partial charge in [-0.05, 0) is 18.4 Å². The van der Waals surface area contributed by atoms with Crippen LogP contribution in [0.15, 0.2) is 5.11 Å². The van der Waals surface area contributed by atoms with Gasteiger partial charge in [-0.3, -0.25) is 19.2 Å². The molecule has 0 aliphatic carbocycles. The van der Waals surface area contributed by atoms with E-state index in [0.29, 0.717) is 12.8 Å². The second-order valence-electron chi connectivity index (χ2n) is 8.01. The molecule has 0 radical (unpaired) electrons. The van der Waals surface area contributed by atoms with E-state index in [2.05, 4.69) is 14.8 Å². The van der Waals surface area contributed by atoms with Crippen molar-refractivity contribution in [3.8, 4) is 0 Å². The first-order valence-corrected chi connectivity index (χ1v) is 11.6. The molecule has 0 aromatic carbocycles. The van der Waals surface area contributed by atoms with Gasteiger partial charge in [-0.2, -0.15) is 0 Å². The highest BCUT2D eigenvalue weighted by Gasteiger charge is 2.50. The molecule has 0 aromatic rings. The van der Waals surface area contributed by atoms with Gasteiger partial charge in [0.05, 0.1) is 7.11 Å². The van der Waals surface area contributed by atoms with Crippen molar-refractivity contribution < 1.29 is 47.6 Å². The molecule has 5 atom stereocenters. The summed E-state index contributed by atoms with van der Waals surface area (Å²) in [6.07, 6.45) is 1.01. The monoisotopic (exact) mass is 501 g/mol. The summed E-state index contributed by atoms with van der Waals surface area (Å²) < 4.78 is 31.9. The molecule has 1 fully saturated rings. The summed E-state index contributed by atoms with van der Waals surface area (Å²) >= 11 is 0. The molecule has 0 aromatic heterocycles. The van der Waals surface area contributed by atoms with Crippen molar-refractivity contribution in [1.82, 2.24) is 0 Å². The lowest BCUT2D eigenvalue weighted by atomic mass is 9.96. The summed E-state index contributed by atoms with van der Waals surface area (Å²) in [5.41, 5.74) is 9.06. The van der Waals surface area contributed by atoms with Crippen LogP contribution >= 0.6 is 0 Å². The van der Waals surface area contributed by atoms with Crippen molar-refractivity contribution in [1.29, 1.82) is 0 Å². The Labute approximate surface area is 204 Å². The van der Waals surface area contributed by atoms with Crippen LogP contribution in [0.2, 0.25) is 0 Å². The van der Waals surface area contributed by atoms with Crippen LogP contribution in [0.5, 0.6) is 0 Å². The van der Waals surface area contributed by atoms with Crippen LogP contribution in [0, 0.1) is 0 Å². The van der Waals surface area contributed by atoms with E-state index in [4.69, 9.17) is 29.2 Å². The topological polar surface area (TPSA) is 172 Å². The quantitative estimate of drug-likeness (QED) is 0.0810. The summed E-state index contributed by atoms with van der Waals surface area (Å²) in [7, 11) is 1.37. The summed E-state index contributed by atoms with van der Waals surface area (Å²) in [6, 6.07) is -1.14. The smallest absolute Gasteiger partial charge is 0.305 e. The minimum atomic E-state index is -1.21. The number of azide groups is 1. The molecule has 0 spiro atoms. The molecule has 0 bridgehead atoms. The van der Waals surface area contributed by atoms with Gasteiger partial charge in [-0.1, -0.05) is 30.8 Å². The van der Waals surface area contributed by atoms with Gasteiger partial charge in [0, 0.05) is 38.7 Å². The molecule has 13 nitrogen and oxygen atoms in total. The molecule has 1 aliphatic heterocycles. The molecule has 1 saturated heterocycles. The van der Waals surface area contributed by atoms with Crippen LogP contribution in [-0.2, 0) is 47.6 Å². The highest BCUT2D eigenvalue weighted by Crippen LogP contribution is 2.30. The van der Waals surface area contributed by atoms with Crippen molar-refractivity contribution in [2.75, 3.05) is 20.3 Å². The minimum absolute atomic E-state index is 0.213. The van der Waals surface area contributed by atoms with Crippen molar-refractivity contribution in [3.05, 3.63) is 10.4 Å². The van der Waals surface area contributed by atoms with E-state index in [1.165, 1.54) is 14.0 Å². The number of rotatable bonds is 15. The zero-order valence-electron chi connectivity index (χ0n) is 20.7. The second-order valence-corrected chi connectivity index (χ2v) is 8.01. The van der Waals surface area contributed by atoms with Crippen LogP contribution in [-0.4, -0.2) is 74.8 Å². The Bertz CT molecular complexity index is 756. The number of hydrogen-bond acceptors (Lipinski definition) is 11. The number of ether oxygens (including phenoxy) is 6. The molecule has 1 aliphatic rings. The molecule has 1 rings (SSSR count). The maximum atomic E-state index is 11.7. The maximum absolute atomic E-state index is 11.7. The van der Waals surface area contributed by atoms with E-state index in [0.717, 1.165) is 46.0 Å². The fraction of sp³-hybridized carbons (Fsp3) is 0.818. The largest absolute Gasteiger partial charge is 0.469 e. The zero-order chi connectivity index (χ0) is 26.2. The number of unbranched alkanes of at least 4 members (excludes halogenated alkanes) is 5. The average molecular weight is 502 g/mol. The minimum Gasteiger partial charge on any atom is -0.469 e. The van der Waals surface area contributed by atoms with Gasteiger partial charge in [0.1, 0.15) is 18.8 Å². The highest BCUT2D eigenvalue weighted by atomic mass is 16.7. The second kappa shape index (κ2) is 16.7. The normalized spacial score (nSPS) is 23.5. The third-order valence-corrected chi connectivity index (χ3v) is 5.14. The Morgan fingerprint density at radius 3 is 2.06 bits per heavy atom. The van der Waals surface area contributed by atoms with Gasteiger partial charge in [0.15, 0.2) is 18.5 Å². The molecule has 13 heteroatoms. The van der Waals surface area contributed by atoms with Crippen molar-refractivity contribution in [3.63, 3.8) is 0 Å². The van der Waals surface area contributed by atoms with Crippen LogP contribution in [0.25, 0.3) is 10.4 Å². The number of esters is 4. The standard InChI is InChI=1S/C22H35N3O10/c1-14(26)32-13-17-20(33-15(2)27)21(34-16(3)28)19(24-25-23)22(35-17)31-12-10-8-6-5-7-9-11-18(29)30-4/h17,19-22H,5-13H2,1-4H3/t17-,19+,20-,21-,22+/m1/s1. The molecule has 1 heterocycles. The van der Waals surface area contributed by atoms with Crippen LogP contribution < -0.4 is 0 Å². The van der Waals surface area contributed by atoms with E-state index in [1.807, 2.05) is 0 Å². The first kappa shape index (κ1) is 30.1. The highest BCUT2D eigenvalue weighted by molar-refractivity contribution is 5.69. The number of nitrogens with zero attached hydrogens (tertiary/aromatic N) is 3. The molecule has 35 heavy (non-hydrogen) atoms. The summed E-state index contributed by atoms with van der Waals surface area (Å²) in [4.78, 5) is 48.6. The maximum Gasteiger partial charge on any atom is 0.305 e. The fourth-order valence-electron chi connectivity index (χ4n) is 3.59. The average Bonchev–Trinajstić information content (AvgIpc) is 2.79. The third-order valence-electron chi connectivity index (χ3n) is 5.14. The van der Waals surface area contributed by atoms with E-state index < -0.39 is 48.6 Å². The Balaban J connectivity index is 2.75. The Morgan fingerprint density at radius 1 is 0.886 bits per heavy atom. The van der Waals surface area contributed by atoms with Gasteiger partial charge < -0.3 is 28.4 Å². The van der Waals surface area contributed by atoms with E-state index in [1.54, 1.807) is 0 Å². The zero-order valence-corrected chi connectivity index (χ0v) is 20.7. The Kier molecular flexibility index (Phi) is 14.4. The fourth-order valence-corrected chi connectivity index (χ4v) is 3.59. The number of methoxy groups -OCH3 is 1. The lowest BCUT2D eigenvalue weighted by molar-refractivity contribution is -0.273. The van der Waals surface area contributed by atoms with Crippen LogP contribution in [0.3, 0.4) is 0 Å². The van der Waals surface area contributed by atoms with Gasteiger partial charge in [-0.15, -0.1) is 0 Å². The summed E-state index contributed by atoms with van der Waals surface area (Å²) in [5, 5.41) is 3.67. The molecule has 0 amide bonds. The first-order chi connectivity index (χ1) is 16.7. The molecule has 0 N–H and O–H groups in total. The molecule has 0 unspecified atom stereocenters. The van der Waals surface area contributed by atoms with Crippen LogP contribution in [0.1, 0.15) is 65.7 Å². The van der Waals surface area contributed by atoms with Gasteiger partial charge in [0.25, 0.3) is 0 Å². The predicted octanol–water partition coefficient (Wildman–Crippen LogP) is 2.74. The van der Waals surface area contributed by atoms with Crippen LogP contribution in [0.4, 0.5) is 0 Å². The van der Waals surface area contributed by atoms with Crippen molar-refractivity contribution in [2.45, 2.75) is 96.4 Å². The predicted molar refractivity (Wildman–Crippen MR) is 120 cm³/mol. The third kappa shape index (κ3) is 11.9.